The number of aromatic nitrogens is 6. The third-order valence-corrected chi connectivity index (χ3v) is 5.62. The quantitative estimate of drug-likeness (QED) is 0.585. The second kappa shape index (κ2) is 6.50. The van der Waals surface area contributed by atoms with E-state index in [0.29, 0.717) is 12.5 Å². The van der Waals surface area contributed by atoms with Crippen molar-refractivity contribution in [3.05, 3.63) is 48.3 Å². The van der Waals surface area contributed by atoms with Crippen molar-refractivity contribution in [2.75, 3.05) is 18.0 Å². The molecule has 144 valence electrons. The van der Waals surface area contributed by atoms with E-state index in [1.165, 1.54) is 12.4 Å². The lowest BCUT2D eigenvalue weighted by molar-refractivity contribution is 0.146. The SMILES string of the molecule is C[C@@H]1CCN(c2nccc3[nH]ccc23)C[C@H]1c1cc(C(F)F)nc2ncnn12. The van der Waals surface area contributed by atoms with Crippen molar-refractivity contribution >= 4 is 22.5 Å². The molecule has 0 bridgehead atoms. The van der Waals surface area contributed by atoms with Gasteiger partial charge in [0.25, 0.3) is 12.2 Å². The molecule has 0 saturated carbocycles. The monoisotopic (exact) mass is 383 g/mol. The zero-order valence-electron chi connectivity index (χ0n) is 15.3. The van der Waals surface area contributed by atoms with Gasteiger partial charge in [-0.3, -0.25) is 0 Å². The van der Waals surface area contributed by atoms with Gasteiger partial charge in [-0.2, -0.15) is 10.1 Å². The summed E-state index contributed by atoms with van der Waals surface area (Å²) in [5, 5.41) is 5.29. The molecule has 1 fully saturated rings. The van der Waals surface area contributed by atoms with E-state index >= 15 is 0 Å². The molecule has 1 aliphatic rings. The number of halogens is 2. The molecule has 2 atom stereocenters. The van der Waals surface area contributed by atoms with Crippen molar-refractivity contribution in [3.63, 3.8) is 0 Å². The van der Waals surface area contributed by atoms with Gasteiger partial charge >= 0.3 is 0 Å². The molecule has 4 aromatic heterocycles. The molecule has 7 nitrogen and oxygen atoms in total. The normalized spacial score (nSPS) is 20.5. The first kappa shape index (κ1) is 17.0. The summed E-state index contributed by atoms with van der Waals surface area (Å²) >= 11 is 0. The first-order valence-electron chi connectivity index (χ1n) is 9.27. The topological polar surface area (TPSA) is 75.0 Å². The molecular weight excluding hydrogens is 364 g/mol. The first-order chi connectivity index (χ1) is 13.6. The maximum Gasteiger partial charge on any atom is 0.280 e. The predicted octanol–water partition coefficient (Wildman–Crippen LogP) is 3.57. The summed E-state index contributed by atoms with van der Waals surface area (Å²) in [7, 11) is 0. The number of hydrogen-bond donors (Lipinski definition) is 1. The van der Waals surface area contributed by atoms with E-state index in [-0.39, 0.29) is 17.4 Å². The molecule has 4 aromatic rings. The number of piperidine rings is 1. The lowest BCUT2D eigenvalue weighted by atomic mass is 9.84. The van der Waals surface area contributed by atoms with Crippen molar-refractivity contribution in [2.24, 2.45) is 5.92 Å². The van der Waals surface area contributed by atoms with Crippen molar-refractivity contribution < 1.29 is 8.78 Å². The van der Waals surface area contributed by atoms with E-state index < -0.39 is 6.43 Å². The van der Waals surface area contributed by atoms with Crippen LogP contribution in [0.1, 0.15) is 37.1 Å². The summed E-state index contributed by atoms with van der Waals surface area (Å²) in [5.74, 6) is 1.44. The van der Waals surface area contributed by atoms with Crippen LogP contribution < -0.4 is 4.90 Å². The van der Waals surface area contributed by atoms with E-state index in [0.717, 1.165) is 35.4 Å². The molecule has 9 heteroatoms. The Hall–Kier alpha value is -3.10. The number of alkyl halides is 2. The Balaban J connectivity index is 1.57. The first-order valence-corrected chi connectivity index (χ1v) is 9.27. The molecule has 0 spiro atoms. The number of pyridine rings is 1. The second-order valence-corrected chi connectivity index (χ2v) is 7.27. The highest BCUT2D eigenvalue weighted by Gasteiger charge is 2.32. The minimum absolute atomic E-state index is 0.00875. The number of fused-ring (bicyclic) bond motifs is 2. The Kier molecular flexibility index (Phi) is 3.96. The summed E-state index contributed by atoms with van der Waals surface area (Å²) in [4.78, 5) is 18.0. The number of H-pyrrole nitrogens is 1. The van der Waals surface area contributed by atoms with Crippen LogP contribution in [0, 0.1) is 5.92 Å². The standard InChI is InChI=1S/C19H19F2N7/c1-11-4-7-27(18-12-2-5-22-14(12)3-6-23-18)9-13(11)16-8-15(17(20)21)26-19-24-10-25-28(16)19/h2-3,5-6,8,10-11,13,17,22H,4,7,9H2,1H3/t11-,13-/m1/s1. The van der Waals surface area contributed by atoms with Crippen LogP contribution in [0.3, 0.4) is 0 Å². The Bertz CT molecular complexity index is 1140. The molecule has 5 rings (SSSR count). The number of anilines is 1. The Morgan fingerprint density at radius 2 is 2.14 bits per heavy atom. The summed E-state index contributed by atoms with van der Waals surface area (Å²) in [6.07, 6.45) is 3.32. The zero-order chi connectivity index (χ0) is 19.3. The van der Waals surface area contributed by atoms with Gasteiger partial charge in [-0.1, -0.05) is 6.92 Å². The van der Waals surface area contributed by atoms with Crippen molar-refractivity contribution in [1.82, 2.24) is 29.5 Å². The zero-order valence-corrected chi connectivity index (χ0v) is 15.3. The van der Waals surface area contributed by atoms with Gasteiger partial charge in [0.15, 0.2) is 0 Å². The van der Waals surface area contributed by atoms with Gasteiger partial charge in [-0.25, -0.2) is 23.3 Å². The smallest absolute Gasteiger partial charge is 0.280 e. The lowest BCUT2D eigenvalue weighted by Gasteiger charge is -2.38. The van der Waals surface area contributed by atoms with Crippen molar-refractivity contribution in [3.8, 4) is 0 Å². The van der Waals surface area contributed by atoms with Gasteiger partial charge in [-0.15, -0.1) is 0 Å². The molecule has 0 amide bonds. The van der Waals surface area contributed by atoms with E-state index in [9.17, 15) is 8.78 Å². The summed E-state index contributed by atoms with van der Waals surface area (Å²) in [6, 6.07) is 5.43. The van der Waals surface area contributed by atoms with Crippen LogP contribution in [0.25, 0.3) is 16.7 Å². The van der Waals surface area contributed by atoms with Crippen LogP contribution >= 0.6 is 0 Å². The second-order valence-electron chi connectivity index (χ2n) is 7.27. The van der Waals surface area contributed by atoms with Crippen LogP contribution in [0.5, 0.6) is 0 Å². The van der Waals surface area contributed by atoms with Gasteiger partial charge in [0.1, 0.15) is 17.8 Å². The van der Waals surface area contributed by atoms with Gasteiger partial charge in [-0.05, 0) is 30.5 Å². The largest absolute Gasteiger partial charge is 0.361 e. The fraction of sp³-hybridized carbons (Fsp3) is 0.368. The molecule has 5 heterocycles. The van der Waals surface area contributed by atoms with Gasteiger partial charge in [0.2, 0.25) is 0 Å². The molecule has 0 radical (unpaired) electrons. The minimum Gasteiger partial charge on any atom is -0.361 e. The Morgan fingerprint density at radius 3 is 3.00 bits per heavy atom. The summed E-state index contributed by atoms with van der Waals surface area (Å²) < 4.78 is 28.3. The third kappa shape index (κ3) is 2.69. The van der Waals surface area contributed by atoms with Crippen molar-refractivity contribution in [2.45, 2.75) is 25.7 Å². The Labute approximate surface area is 159 Å². The van der Waals surface area contributed by atoms with E-state index in [2.05, 4.69) is 36.9 Å². The average molecular weight is 383 g/mol. The fourth-order valence-electron chi connectivity index (χ4n) is 4.10. The Morgan fingerprint density at radius 1 is 1.25 bits per heavy atom. The minimum atomic E-state index is -2.65. The number of rotatable bonds is 3. The average Bonchev–Trinajstić information content (AvgIpc) is 3.36. The summed E-state index contributed by atoms with van der Waals surface area (Å²) in [5.41, 5.74) is 1.49. The number of nitrogens with one attached hydrogen (secondary N) is 1. The molecule has 0 aromatic carbocycles. The molecule has 0 aliphatic carbocycles. The molecule has 1 aliphatic heterocycles. The molecule has 0 unspecified atom stereocenters. The molecular formula is C19H19F2N7. The number of hydrogen-bond acceptors (Lipinski definition) is 5. The van der Waals surface area contributed by atoms with Crippen LogP contribution in [0.4, 0.5) is 14.6 Å². The highest BCUT2D eigenvalue weighted by atomic mass is 19.3. The van der Waals surface area contributed by atoms with Crippen LogP contribution in [0.2, 0.25) is 0 Å². The molecule has 28 heavy (non-hydrogen) atoms. The van der Waals surface area contributed by atoms with Gasteiger partial charge < -0.3 is 9.88 Å². The van der Waals surface area contributed by atoms with E-state index in [1.807, 2.05) is 18.3 Å². The predicted molar refractivity (Wildman–Crippen MR) is 101 cm³/mol. The molecule has 1 N–H and O–H groups in total. The summed E-state index contributed by atoms with van der Waals surface area (Å²) in [6.45, 7) is 3.68. The lowest BCUT2D eigenvalue weighted by Crippen LogP contribution is -2.39. The van der Waals surface area contributed by atoms with E-state index in [4.69, 9.17) is 0 Å². The molecule has 1 saturated heterocycles. The maximum atomic E-state index is 13.4. The van der Waals surface area contributed by atoms with Crippen LogP contribution in [-0.2, 0) is 0 Å². The van der Waals surface area contributed by atoms with Gasteiger partial charge in [0, 0.05) is 36.8 Å². The van der Waals surface area contributed by atoms with Crippen molar-refractivity contribution in [1.29, 1.82) is 0 Å². The fourth-order valence-corrected chi connectivity index (χ4v) is 4.10. The number of aromatic amines is 1. The maximum absolute atomic E-state index is 13.4. The van der Waals surface area contributed by atoms with Crippen LogP contribution in [0.15, 0.2) is 36.9 Å². The van der Waals surface area contributed by atoms with E-state index in [1.54, 1.807) is 10.7 Å². The highest BCUT2D eigenvalue weighted by molar-refractivity contribution is 5.90. The van der Waals surface area contributed by atoms with Crippen LogP contribution in [-0.4, -0.2) is 42.6 Å². The number of nitrogens with zero attached hydrogens (tertiary/aromatic N) is 6. The van der Waals surface area contributed by atoms with Gasteiger partial charge in [0.05, 0.1) is 11.2 Å². The third-order valence-electron chi connectivity index (χ3n) is 5.62. The highest BCUT2D eigenvalue weighted by Crippen LogP contribution is 2.36.